The molecule has 0 unspecified atom stereocenters. The van der Waals surface area contributed by atoms with Crippen molar-refractivity contribution in [2.75, 3.05) is 0 Å². The Morgan fingerprint density at radius 2 is 1.91 bits per heavy atom. The van der Waals surface area contributed by atoms with Crippen LogP contribution in [0.3, 0.4) is 0 Å². The molecule has 1 aromatic heterocycles. The molecule has 0 amide bonds. The molecule has 1 atom stereocenters. The highest BCUT2D eigenvalue weighted by atomic mass is 16.4. The predicted molar refractivity (Wildman–Crippen MR) is 83.8 cm³/mol. The van der Waals surface area contributed by atoms with E-state index in [1.54, 1.807) is 0 Å². The molecule has 1 heterocycles. The second-order valence-corrected chi connectivity index (χ2v) is 5.41. The maximum absolute atomic E-state index is 11.3. The lowest BCUT2D eigenvalue weighted by atomic mass is 9.94. The van der Waals surface area contributed by atoms with Crippen molar-refractivity contribution in [3.63, 3.8) is 0 Å². The van der Waals surface area contributed by atoms with Crippen LogP contribution in [0.4, 0.5) is 0 Å². The molecule has 0 bridgehead atoms. The summed E-state index contributed by atoms with van der Waals surface area (Å²) >= 11 is 0. The van der Waals surface area contributed by atoms with Crippen LogP contribution >= 0.6 is 0 Å². The molecule has 0 saturated carbocycles. The second-order valence-electron chi connectivity index (χ2n) is 5.41. The lowest BCUT2D eigenvalue weighted by Gasteiger charge is -2.10. The Morgan fingerprint density at radius 1 is 1.14 bits per heavy atom. The van der Waals surface area contributed by atoms with Gasteiger partial charge < -0.3 is 14.3 Å². The Hall–Kier alpha value is -2.62. The first kappa shape index (κ1) is 14.3. The molecule has 1 N–H and O–H groups in total. The van der Waals surface area contributed by atoms with Crippen LogP contribution < -0.4 is 0 Å². The standard InChI is InChI=1S/C18H16O4/c19-9-3-4-13(18(20)21)10-12-7-8-15-14-5-1-2-6-16(14)22-17(15)11-12/h1-2,5-9,11,13H,3-4,10H2,(H,20,21)/t13-/m0/s1. The number of benzene rings is 2. The Bertz CT molecular complexity index is 831. The van der Waals surface area contributed by atoms with Gasteiger partial charge in [0.05, 0.1) is 5.92 Å². The van der Waals surface area contributed by atoms with Crippen molar-refractivity contribution < 1.29 is 19.1 Å². The zero-order valence-electron chi connectivity index (χ0n) is 12.0. The van der Waals surface area contributed by atoms with Crippen LogP contribution in [0.1, 0.15) is 18.4 Å². The number of aliphatic carboxylic acids is 1. The van der Waals surface area contributed by atoms with Gasteiger partial charge in [0.2, 0.25) is 0 Å². The number of carboxylic acid groups (broad SMARTS) is 1. The number of rotatable bonds is 6. The van der Waals surface area contributed by atoms with Gasteiger partial charge in [-0.15, -0.1) is 0 Å². The summed E-state index contributed by atoms with van der Waals surface area (Å²) in [5.41, 5.74) is 2.49. The van der Waals surface area contributed by atoms with Crippen molar-refractivity contribution in [1.29, 1.82) is 0 Å². The first-order valence-corrected chi connectivity index (χ1v) is 7.25. The average molecular weight is 296 g/mol. The molecular formula is C18H16O4. The molecule has 0 aliphatic rings. The van der Waals surface area contributed by atoms with E-state index in [0.29, 0.717) is 12.8 Å². The van der Waals surface area contributed by atoms with Crippen molar-refractivity contribution >= 4 is 34.2 Å². The van der Waals surface area contributed by atoms with E-state index in [-0.39, 0.29) is 6.42 Å². The SMILES string of the molecule is O=CCC[C@@H](Cc1ccc2c(c1)oc1ccccc12)C(=O)O. The fourth-order valence-corrected chi connectivity index (χ4v) is 2.76. The molecule has 4 nitrogen and oxygen atoms in total. The van der Waals surface area contributed by atoms with E-state index in [1.165, 1.54) is 0 Å². The summed E-state index contributed by atoms with van der Waals surface area (Å²) in [6, 6.07) is 13.6. The van der Waals surface area contributed by atoms with Crippen molar-refractivity contribution in [1.82, 2.24) is 0 Å². The number of furan rings is 1. The topological polar surface area (TPSA) is 67.5 Å². The second kappa shape index (κ2) is 6.02. The van der Waals surface area contributed by atoms with Gasteiger partial charge in [0.1, 0.15) is 17.5 Å². The van der Waals surface area contributed by atoms with Crippen LogP contribution in [0.15, 0.2) is 46.9 Å². The predicted octanol–water partition coefficient (Wildman–Crippen LogP) is 3.81. The van der Waals surface area contributed by atoms with Crippen LogP contribution in [0.2, 0.25) is 0 Å². The normalized spacial score (nSPS) is 12.5. The third-order valence-corrected chi connectivity index (χ3v) is 3.91. The summed E-state index contributed by atoms with van der Waals surface area (Å²) in [6.45, 7) is 0. The van der Waals surface area contributed by atoms with E-state index in [1.807, 2.05) is 42.5 Å². The maximum atomic E-state index is 11.3. The highest BCUT2D eigenvalue weighted by molar-refractivity contribution is 6.04. The summed E-state index contributed by atoms with van der Waals surface area (Å²) in [6.07, 6.45) is 1.79. The molecule has 3 rings (SSSR count). The smallest absolute Gasteiger partial charge is 0.306 e. The highest BCUT2D eigenvalue weighted by Gasteiger charge is 2.18. The van der Waals surface area contributed by atoms with E-state index >= 15 is 0 Å². The number of para-hydroxylation sites is 1. The molecule has 0 aliphatic heterocycles. The molecule has 0 saturated heterocycles. The molecule has 0 radical (unpaired) electrons. The van der Waals surface area contributed by atoms with Crippen LogP contribution in [0.5, 0.6) is 0 Å². The quantitative estimate of drug-likeness (QED) is 0.702. The zero-order valence-corrected chi connectivity index (χ0v) is 12.0. The van der Waals surface area contributed by atoms with Crippen molar-refractivity contribution in [2.24, 2.45) is 5.92 Å². The minimum Gasteiger partial charge on any atom is -0.481 e. The molecular weight excluding hydrogens is 280 g/mol. The Labute approximate surface area is 127 Å². The van der Waals surface area contributed by atoms with Crippen molar-refractivity contribution in [2.45, 2.75) is 19.3 Å². The maximum Gasteiger partial charge on any atom is 0.306 e. The highest BCUT2D eigenvalue weighted by Crippen LogP contribution is 2.29. The lowest BCUT2D eigenvalue weighted by Crippen LogP contribution is -2.16. The Kier molecular flexibility index (Phi) is 3.92. The largest absolute Gasteiger partial charge is 0.481 e. The average Bonchev–Trinajstić information content (AvgIpc) is 2.88. The summed E-state index contributed by atoms with van der Waals surface area (Å²) in [5.74, 6) is -1.42. The van der Waals surface area contributed by atoms with E-state index < -0.39 is 11.9 Å². The molecule has 0 aliphatic carbocycles. The van der Waals surface area contributed by atoms with Gasteiger partial charge in [-0.05, 0) is 30.5 Å². The van der Waals surface area contributed by atoms with Gasteiger partial charge >= 0.3 is 5.97 Å². The lowest BCUT2D eigenvalue weighted by molar-refractivity contribution is -0.141. The number of hydrogen-bond donors (Lipinski definition) is 1. The Balaban J connectivity index is 1.92. The Morgan fingerprint density at radius 3 is 2.68 bits per heavy atom. The van der Waals surface area contributed by atoms with Gasteiger partial charge in [0.25, 0.3) is 0 Å². The first-order chi connectivity index (χ1) is 10.7. The van der Waals surface area contributed by atoms with Crippen LogP contribution in [0, 0.1) is 5.92 Å². The fourth-order valence-electron chi connectivity index (χ4n) is 2.76. The van der Waals surface area contributed by atoms with Gasteiger partial charge in [0, 0.05) is 17.2 Å². The van der Waals surface area contributed by atoms with E-state index in [4.69, 9.17) is 4.42 Å². The van der Waals surface area contributed by atoms with Crippen molar-refractivity contribution in [3.8, 4) is 0 Å². The summed E-state index contributed by atoms with van der Waals surface area (Å²) in [5, 5.41) is 11.3. The number of hydrogen-bond acceptors (Lipinski definition) is 3. The van der Waals surface area contributed by atoms with Gasteiger partial charge in [0.15, 0.2) is 0 Å². The summed E-state index contributed by atoms with van der Waals surface area (Å²) in [7, 11) is 0. The molecule has 0 spiro atoms. The van der Waals surface area contributed by atoms with Gasteiger partial charge in [-0.3, -0.25) is 4.79 Å². The number of fused-ring (bicyclic) bond motifs is 3. The summed E-state index contributed by atoms with van der Waals surface area (Å²) in [4.78, 5) is 21.7. The first-order valence-electron chi connectivity index (χ1n) is 7.25. The number of carbonyl (C=O) groups is 2. The van der Waals surface area contributed by atoms with Crippen LogP contribution in [-0.4, -0.2) is 17.4 Å². The monoisotopic (exact) mass is 296 g/mol. The molecule has 0 fully saturated rings. The number of carboxylic acids is 1. The number of aldehydes is 1. The fraction of sp³-hybridized carbons (Fsp3) is 0.222. The molecule has 3 aromatic rings. The third kappa shape index (κ3) is 2.72. The molecule has 112 valence electrons. The minimum absolute atomic E-state index is 0.268. The van der Waals surface area contributed by atoms with E-state index in [0.717, 1.165) is 33.8 Å². The van der Waals surface area contributed by atoms with Gasteiger partial charge in [-0.1, -0.05) is 30.3 Å². The summed E-state index contributed by atoms with van der Waals surface area (Å²) < 4.78 is 5.81. The van der Waals surface area contributed by atoms with Gasteiger partial charge in [-0.2, -0.15) is 0 Å². The van der Waals surface area contributed by atoms with Crippen molar-refractivity contribution in [3.05, 3.63) is 48.0 Å². The van der Waals surface area contributed by atoms with Crippen LogP contribution in [0.25, 0.3) is 21.9 Å². The van der Waals surface area contributed by atoms with Gasteiger partial charge in [-0.25, -0.2) is 0 Å². The molecule has 22 heavy (non-hydrogen) atoms. The van der Waals surface area contributed by atoms with E-state index in [9.17, 15) is 14.7 Å². The van der Waals surface area contributed by atoms with Crippen LogP contribution in [-0.2, 0) is 16.0 Å². The van der Waals surface area contributed by atoms with E-state index in [2.05, 4.69) is 0 Å². The third-order valence-electron chi connectivity index (χ3n) is 3.91. The number of carbonyl (C=O) groups excluding carboxylic acids is 1. The zero-order chi connectivity index (χ0) is 15.5. The molecule has 2 aromatic carbocycles. The minimum atomic E-state index is -0.869. The molecule has 4 heteroatoms.